The van der Waals surface area contributed by atoms with E-state index in [9.17, 15) is 9.18 Å². The fourth-order valence-corrected chi connectivity index (χ4v) is 2.06. The van der Waals surface area contributed by atoms with Crippen molar-refractivity contribution in [2.45, 2.75) is 25.8 Å². The molecular weight excluding hydrogens is 319 g/mol. The van der Waals surface area contributed by atoms with E-state index in [4.69, 9.17) is 11.7 Å². The Kier molecular flexibility index (Phi) is 5.36. The molecule has 126 valence electrons. The lowest BCUT2D eigenvalue weighted by atomic mass is 9.99. The van der Waals surface area contributed by atoms with Crippen molar-refractivity contribution in [3.8, 4) is 18.4 Å². The third kappa shape index (κ3) is 4.13. The summed E-state index contributed by atoms with van der Waals surface area (Å²) >= 11 is 0. The van der Waals surface area contributed by atoms with Crippen molar-refractivity contribution in [1.29, 1.82) is 5.26 Å². The molecule has 2 N–H and O–H groups in total. The molecule has 2 rings (SSSR count). The number of halogens is 1. The van der Waals surface area contributed by atoms with Crippen molar-refractivity contribution in [2.24, 2.45) is 0 Å². The number of nitrogens with one attached hydrogen (secondary N) is 2. The van der Waals surface area contributed by atoms with E-state index in [1.54, 1.807) is 25.1 Å². The lowest BCUT2D eigenvalue weighted by molar-refractivity contribution is 0.0924. The first-order valence-corrected chi connectivity index (χ1v) is 7.64. The van der Waals surface area contributed by atoms with Gasteiger partial charge in [-0.3, -0.25) is 4.79 Å². The topological polar surface area (TPSA) is 77.8 Å². The van der Waals surface area contributed by atoms with Crippen molar-refractivity contribution in [3.05, 3.63) is 53.5 Å². The van der Waals surface area contributed by atoms with Gasteiger partial charge in [-0.2, -0.15) is 5.26 Å². The fourth-order valence-electron chi connectivity index (χ4n) is 2.06. The SMILES string of the molecule is C#C[C@@](C)(CC)NC(=O)c1cccnc1Nc1ccc(F)c(C#N)c1. The van der Waals surface area contributed by atoms with Gasteiger partial charge in [-0.05, 0) is 43.7 Å². The number of nitrogens with zero attached hydrogens (tertiary/aromatic N) is 2. The molecule has 1 amide bonds. The van der Waals surface area contributed by atoms with Crippen LogP contribution in [0, 0.1) is 29.5 Å². The Hall–Kier alpha value is -3.38. The molecule has 2 aromatic rings. The zero-order chi connectivity index (χ0) is 18.4. The normalized spacial score (nSPS) is 12.4. The zero-order valence-electron chi connectivity index (χ0n) is 13.9. The summed E-state index contributed by atoms with van der Waals surface area (Å²) in [6.07, 6.45) is 7.58. The Morgan fingerprint density at radius 1 is 1.44 bits per heavy atom. The molecule has 6 heteroatoms. The molecule has 1 heterocycles. The monoisotopic (exact) mass is 336 g/mol. The highest BCUT2D eigenvalue weighted by molar-refractivity contribution is 6.00. The second-order valence-electron chi connectivity index (χ2n) is 5.62. The van der Waals surface area contributed by atoms with E-state index in [-0.39, 0.29) is 17.3 Å². The van der Waals surface area contributed by atoms with Gasteiger partial charge in [-0.1, -0.05) is 12.8 Å². The van der Waals surface area contributed by atoms with E-state index in [0.29, 0.717) is 17.7 Å². The molecule has 1 atom stereocenters. The van der Waals surface area contributed by atoms with Crippen molar-refractivity contribution in [2.75, 3.05) is 5.32 Å². The van der Waals surface area contributed by atoms with Gasteiger partial charge in [0.15, 0.2) is 0 Å². The summed E-state index contributed by atoms with van der Waals surface area (Å²) in [5.41, 5.74) is -0.132. The predicted octanol–water partition coefficient (Wildman–Crippen LogP) is 3.37. The average molecular weight is 336 g/mol. The number of carbonyl (C=O) groups is 1. The van der Waals surface area contributed by atoms with Crippen LogP contribution in [0.2, 0.25) is 0 Å². The van der Waals surface area contributed by atoms with Gasteiger partial charge in [-0.15, -0.1) is 6.42 Å². The maximum atomic E-state index is 13.4. The molecule has 1 aromatic heterocycles. The molecule has 0 aliphatic carbocycles. The summed E-state index contributed by atoms with van der Waals surface area (Å²) in [4.78, 5) is 16.7. The highest BCUT2D eigenvalue weighted by Crippen LogP contribution is 2.21. The van der Waals surface area contributed by atoms with Crippen LogP contribution < -0.4 is 10.6 Å². The van der Waals surface area contributed by atoms with Crippen LogP contribution in [0.4, 0.5) is 15.9 Å². The Bertz CT molecular complexity index is 882. The number of aromatic nitrogens is 1. The molecule has 0 saturated heterocycles. The first-order valence-electron chi connectivity index (χ1n) is 7.64. The van der Waals surface area contributed by atoms with E-state index < -0.39 is 11.4 Å². The van der Waals surface area contributed by atoms with Crippen LogP contribution in [0.3, 0.4) is 0 Å². The average Bonchev–Trinajstić information content (AvgIpc) is 2.63. The molecule has 25 heavy (non-hydrogen) atoms. The maximum Gasteiger partial charge on any atom is 0.256 e. The third-order valence-electron chi connectivity index (χ3n) is 3.82. The number of benzene rings is 1. The Balaban J connectivity index is 2.31. The van der Waals surface area contributed by atoms with Gasteiger partial charge in [-0.25, -0.2) is 9.37 Å². The molecule has 0 spiro atoms. The van der Waals surface area contributed by atoms with Crippen molar-refractivity contribution < 1.29 is 9.18 Å². The number of hydrogen-bond acceptors (Lipinski definition) is 4. The lowest BCUT2D eigenvalue weighted by Gasteiger charge is -2.24. The Morgan fingerprint density at radius 3 is 2.84 bits per heavy atom. The summed E-state index contributed by atoms with van der Waals surface area (Å²) in [7, 11) is 0. The van der Waals surface area contributed by atoms with Crippen LogP contribution in [-0.4, -0.2) is 16.4 Å². The number of amides is 1. The molecule has 1 aromatic carbocycles. The van der Waals surface area contributed by atoms with Crippen LogP contribution in [0.15, 0.2) is 36.5 Å². The smallest absolute Gasteiger partial charge is 0.256 e. The van der Waals surface area contributed by atoms with Crippen LogP contribution >= 0.6 is 0 Å². The number of rotatable bonds is 5. The summed E-state index contributed by atoms with van der Waals surface area (Å²) < 4.78 is 13.4. The zero-order valence-corrected chi connectivity index (χ0v) is 13.9. The second-order valence-corrected chi connectivity index (χ2v) is 5.62. The van der Waals surface area contributed by atoms with Gasteiger partial charge in [0.2, 0.25) is 0 Å². The molecule has 0 fully saturated rings. The highest BCUT2D eigenvalue weighted by Gasteiger charge is 2.23. The first kappa shape index (κ1) is 18.0. The molecular formula is C19H17FN4O. The van der Waals surface area contributed by atoms with E-state index in [1.165, 1.54) is 24.4 Å². The van der Waals surface area contributed by atoms with E-state index in [1.807, 2.05) is 6.92 Å². The van der Waals surface area contributed by atoms with Crippen molar-refractivity contribution in [1.82, 2.24) is 10.3 Å². The molecule has 0 radical (unpaired) electrons. The van der Waals surface area contributed by atoms with Crippen LogP contribution in [-0.2, 0) is 0 Å². The van der Waals surface area contributed by atoms with Gasteiger partial charge in [0, 0.05) is 11.9 Å². The molecule has 5 nitrogen and oxygen atoms in total. The van der Waals surface area contributed by atoms with Crippen LogP contribution in [0.5, 0.6) is 0 Å². The third-order valence-corrected chi connectivity index (χ3v) is 3.82. The number of anilines is 2. The van der Waals surface area contributed by atoms with E-state index >= 15 is 0 Å². The minimum Gasteiger partial charge on any atom is -0.340 e. The number of terminal acetylenes is 1. The summed E-state index contributed by atoms with van der Waals surface area (Å²) in [6, 6.07) is 8.99. The van der Waals surface area contributed by atoms with Gasteiger partial charge in [0.05, 0.1) is 16.7 Å². The minimum absolute atomic E-state index is 0.0992. The molecule has 0 aliphatic rings. The second kappa shape index (κ2) is 7.46. The summed E-state index contributed by atoms with van der Waals surface area (Å²) in [6.45, 7) is 3.64. The molecule has 0 bridgehead atoms. The van der Waals surface area contributed by atoms with Gasteiger partial charge >= 0.3 is 0 Å². The largest absolute Gasteiger partial charge is 0.340 e. The van der Waals surface area contributed by atoms with Gasteiger partial charge in [0.25, 0.3) is 5.91 Å². The van der Waals surface area contributed by atoms with Crippen LogP contribution in [0.25, 0.3) is 0 Å². The van der Waals surface area contributed by atoms with E-state index in [0.717, 1.165) is 0 Å². The fraction of sp³-hybridized carbons (Fsp3) is 0.211. The minimum atomic E-state index is -0.770. The standard InChI is InChI=1S/C19H17FN4O/c1-4-19(3,5-2)24-18(25)15-7-6-10-22-17(15)23-14-8-9-16(20)13(11-14)12-21/h1,6-11H,5H2,2-3H3,(H,22,23)(H,24,25)/t19-/m0/s1. The summed E-state index contributed by atoms with van der Waals surface area (Å²) in [5, 5.41) is 14.7. The Labute approximate surface area is 145 Å². The molecule has 0 saturated carbocycles. The van der Waals surface area contributed by atoms with Crippen LogP contribution in [0.1, 0.15) is 36.2 Å². The first-order chi connectivity index (χ1) is 11.9. The number of carbonyl (C=O) groups excluding carboxylic acids is 1. The predicted molar refractivity (Wildman–Crippen MR) is 93.6 cm³/mol. The van der Waals surface area contributed by atoms with Crippen molar-refractivity contribution in [3.63, 3.8) is 0 Å². The highest BCUT2D eigenvalue weighted by atomic mass is 19.1. The quantitative estimate of drug-likeness (QED) is 0.821. The number of pyridine rings is 1. The molecule has 0 unspecified atom stereocenters. The van der Waals surface area contributed by atoms with Gasteiger partial charge in [0.1, 0.15) is 17.7 Å². The number of nitriles is 1. The lowest BCUT2D eigenvalue weighted by Crippen LogP contribution is -2.44. The maximum absolute atomic E-state index is 13.4. The number of hydrogen-bond donors (Lipinski definition) is 2. The van der Waals surface area contributed by atoms with Gasteiger partial charge < -0.3 is 10.6 Å². The molecule has 0 aliphatic heterocycles. The summed E-state index contributed by atoms with van der Waals surface area (Å²) in [5.74, 6) is 1.87. The Morgan fingerprint density at radius 2 is 2.20 bits per heavy atom. The van der Waals surface area contributed by atoms with Crippen molar-refractivity contribution >= 4 is 17.4 Å². The van der Waals surface area contributed by atoms with E-state index in [2.05, 4.69) is 21.5 Å².